The molecule has 0 radical (unpaired) electrons. The summed E-state index contributed by atoms with van der Waals surface area (Å²) in [5, 5.41) is 9.50. The van der Waals surface area contributed by atoms with Crippen molar-refractivity contribution in [1.82, 2.24) is 0 Å². The second kappa shape index (κ2) is 4.33. The number of aliphatic hydroxyl groups is 1. The van der Waals surface area contributed by atoms with Crippen LogP contribution >= 0.6 is 0 Å². The van der Waals surface area contributed by atoms with E-state index in [-0.39, 0.29) is 0 Å². The van der Waals surface area contributed by atoms with E-state index in [1.807, 2.05) is 13.0 Å². The standard InChI is InChI=1S/C11H16O3/c1-7-5-9(8(2)12)11(14-4)6-10(7)13-3/h5-6,8,12H,1-4H3. The molecule has 0 aromatic heterocycles. The minimum absolute atomic E-state index is 0.533. The molecule has 0 amide bonds. The third-order valence-corrected chi connectivity index (χ3v) is 2.20. The Morgan fingerprint density at radius 3 is 2.14 bits per heavy atom. The molecule has 3 nitrogen and oxygen atoms in total. The molecule has 14 heavy (non-hydrogen) atoms. The molecular weight excluding hydrogens is 180 g/mol. The van der Waals surface area contributed by atoms with Crippen LogP contribution < -0.4 is 9.47 Å². The molecule has 1 unspecified atom stereocenters. The van der Waals surface area contributed by atoms with E-state index in [0.29, 0.717) is 5.75 Å². The van der Waals surface area contributed by atoms with Gasteiger partial charge < -0.3 is 14.6 Å². The molecule has 3 heteroatoms. The molecule has 0 saturated heterocycles. The monoisotopic (exact) mass is 196 g/mol. The Balaban J connectivity index is 3.24. The number of hydrogen-bond donors (Lipinski definition) is 1. The van der Waals surface area contributed by atoms with Gasteiger partial charge in [0.2, 0.25) is 0 Å². The fourth-order valence-electron chi connectivity index (χ4n) is 1.41. The molecular formula is C11H16O3. The van der Waals surface area contributed by atoms with E-state index < -0.39 is 6.10 Å². The summed E-state index contributed by atoms with van der Waals surface area (Å²) in [6, 6.07) is 3.67. The molecule has 0 fully saturated rings. The van der Waals surface area contributed by atoms with Crippen LogP contribution in [0.4, 0.5) is 0 Å². The van der Waals surface area contributed by atoms with Crippen LogP contribution in [0.2, 0.25) is 0 Å². The van der Waals surface area contributed by atoms with Gasteiger partial charge in [-0.1, -0.05) is 0 Å². The van der Waals surface area contributed by atoms with Crippen LogP contribution in [0, 0.1) is 6.92 Å². The van der Waals surface area contributed by atoms with Gasteiger partial charge in [-0.3, -0.25) is 0 Å². The first-order valence-electron chi connectivity index (χ1n) is 4.50. The normalized spacial score (nSPS) is 12.4. The number of hydrogen-bond acceptors (Lipinski definition) is 3. The first kappa shape index (κ1) is 10.9. The Hall–Kier alpha value is -1.22. The Labute approximate surface area is 84.3 Å². The van der Waals surface area contributed by atoms with E-state index in [4.69, 9.17) is 9.47 Å². The van der Waals surface area contributed by atoms with Crippen molar-refractivity contribution in [2.24, 2.45) is 0 Å². The van der Waals surface area contributed by atoms with Crippen molar-refractivity contribution in [3.05, 3.63) is 23.3 Å². The maximum Gasteiger partial charge on any atom is 0.128 e. The molecule has 0 aliphatic carbocycles. The van der Waals surface area contributed by atoms with Crippen LogP contribution in [0.1, 0.15) is 24.2 Å². The van der Waals surface area contributed by atoms with Gasteiger partial charge in [0.15, 0.2) is 0 Å². The van der Waals surface area contributed by atoms with Crippen molar-refractivity contribution < 1.29 is 14.6 Å². The van der Waals surface area contributed by atoms with Crippen molar-refractivity contribution >= 4 is 0 Å². The van der Waals surface area contributed by atoms with E-state index in [2.05, 4.69) is 0 Å². The number of aryl methyl sites for hydroxylation is 1. The van der Waals surface area contributed by atoms with Crippen LogP contribution in [-0.2, 0) is 0 Å². The number of aliphatic hydroxyl groups excluding tert-OH is 1. The molecule has 0 aliphatic heterocycles. The van der Waals surface area contributed by atoms with Crippen molar-refractivity contribution in [2.75, 3.05) is 14.2 Å². The molecule has 78 valence electrons. The summed E-state index contributed by atoms with van der Waals surface area (Å²) in [5.74, 6) is 1.42. The van der Waals surface area contributed by atoms with E-state index in [9.17, 15) is 5.11 Å². The van der Waals surface area contributed by atoms with E-state index in [1.54, 1.807) is 27.2 Å². The quantitative estimate of drug-likeness (QED) is 0.804. The van der Waals surface area contributed by atoms with Crippen LogP contribution in [0.3, 0.4) is 0 Å². The van der Waals surface area contributed by atoms with E-state index in [0.717, 1.165) is 16.9 Å². The first-order chi connectivity index (χ1) is 6.60. The minimum Gasteiger partial charge on any atom is -0.496 e. The summed E-state index contributed by atoms with van der Waals surface area (Å²) in [6.07, 6.45) is -0.533. The Kier molecular flexibility index (Phi) is 3.36. The lowest BCUT2D eigenvalue weighted by Crippen LogP contribution is -1.99. The summed E-state index contributed by atoms with van der Waals surface area (Å²) >= 11 is 0. The average molecular weight is 196 g/mol. The zero-order valence-corrected chi connectivity index (χ0v) is 9.00. The smallest absolute Gasteiger partial charge is 0.128 e. The maximum absolute atomic E-state index is 9.50. The molecule has 0 heterocycles. The largest absolute Gasteiger partial charge is 0.496 e. The molecule has 1 rings (SSSR count). The lowest BCUT2D eigenvalue weighted by molar-refractivity contribution is 0.194. The summed E-state index contributed by atoms with van der Waals surface area (Å²) in [6.45, 7) is 3.65. The van der Waals surface area contributed by atoms with Gasteiger partial charge in [0.25, 0.3) is 0 Å². The number of ether oxygens (including phenoxy) is 2. The molecule has 1 N–H and O–H groups in total. The summed E-state index contributed by atoms with van der Waals surface area (Å²) < 4.78 is 10.3. The molecule has 1 aromatic carbocycles. The predicted molar refractivity (Wildman–Crippen MR) is 54.9 cm³/mol. The highest BCUT2D eigenvalue weighted by Crippen LogP contribution is 2.32. The van der Waals surface area contributed by atoms with Crippen LogP contribution in [-0.4, -0.2) is 19.3 Å². The Bertz CT molecular complexity index is 319. The van der Waals surface area contributed by atoms with Gasteiger partial charge in [-0.05, 0) is 25.5 Å². The molecule has 1 atom stereocenters. The molecule has 0 spiro atoms. The predicted octanol–water partition coefficient (Wildman–Crippen LogP) is 2.07. The summed E-state index contributed by atoms with van der Waals surface area (Å²) in [7, 11) is 3.19. The van der Waals surface area contributed by atoms with Gasteiger partial charge in [-0.15, -0.1) is 0 Å². The van der Waals surface area contributed by atoms with Gasteiger partial charge in [0.1, 0.15) is 11.5 Å². The third-order valence-electron chi connectivity index (χ3n) is 2.20. The van der Waals surface area contributed by atoms with Gasteiger partial charge in [-0.2, -0.15) is 0 Å². The zero-order valence-electron chi connectivity index (χ0n) is 9.00. The zero-order chi connectivity index (χ0) is 10.7. The molecule has 0 aliphatic rings. The topological polar surface area (TPSA) is 38.7 Å². The van der Waals surface area contributed by atoms with Crippen molar-refractivity contribution in [2.45, 2.75) is 20.0 Å². The van der Waals surface area contributed by atoms with Crippen molar-refractivity contribution in [1.29, 1.82) is 0 Å². The summed E-state index contributed by atoms with van der Waals surface area (Å²) in [4.78, 5) is 0. The molecule has 1 aromatic rings. The molecule has 0 bridgehead atoms. The summed E-state index contributed by atoms with van der Waals surface area (Å²) in [5.41, 5.74) is 1.77. The second-order valence-corrected chi connectivity index (χ2v) is 3.24. The number of methoxy groups -OCH3 is 2. The fourth-order valence-corrected chi connectivity index (χ4v) is 1.41. The molecule has 0 saturated carbocycles. The maximum atomic E-state index is 9.50. The highest BCUT2D eigenvalue weighted by atomic mass is 16.5. The minimum atomic E-state index is -0.533. The van der Waals surface area contributed by atoms with Crippen LogP contribution in [0.5, 0.6) is 11.5 Å². The van der Waals surface area contributed by atoms with Gasteiger partial charge >= 0.3 is 0 Å². The van der Waals surface area contributed by atoms with Crippen LogP contribution in [0.15, 0.2) is 12.1 Å². The lowest BCUT2D eigenvalue weighted by atomic mass is 10.1. The van der Waals surface area contributed by atoms with E-state index >= 15 is 0 Å². The van der Waals surface area contributed by atoms with E-state index in [1.165, 1.54) is 0 Å². The number of benzene rings is 1. The Morgan fingerprint density at radius 2 is 1.71 bits per heavy atom. The van der Waals surface area contributed by atoms with Crippen LogP contribution in [0.25, 0.3) is 0 Å². The van der Waals surface area contributed by atoms with Gasteiger partial charge in [0, 0.05) is 11.6 Å². The fraction of sp³-hybridized carbons (Fsp3) is 0.455. The van der Waals surface area contributed by atoms with Crippen molar-refractivity contribution in [3.63, 3.8) is 0 Å². The number of rotatable bonds is 3. The third kappa shape index (κ3) is 1.99. The highest BCUT2D eigenvalue weighted by molar-refractivity contribution is 5.46. The first-order valence-corrected chi connectivity index (χ1v) is 4.50. The Morgan fingerprint density at radius 1 is 1.14 bits per heavy atom. The second-order valence-electron chi connectivity index (χ2n) is 3.24. The van der Waals surface area contributed by atoms with Crippen molar-refractivity contribution in [3.8, 4) is 11.5 Å². The van der Waals surface area contributed by atoms with Gasteiger partial charge in [-0.25, -0.2) is 0 Å². The van der Waals surface area contributed by atoms with Gasteiger partial charge in [0.05, 0.1) is 20.3 Å². The lowest BCUT2D eigenvalue weighted by Gasteiger charge is -2.14. The average Bonchev–Trinajstić information content (AvgIpc) is 2.17. The highest BCUT2D eigenvalue weighted by Gasteiger charge is 2.11. The SMILES string of the molecule is COc1cc(OC)c(C(C)O)cc1C.